The van der Waals surface area contributed by atoms with Crippen LogP contribution < -0.4 is 0 Å². The third-order valence-corrected chi connectivity index (χ3v) is 5.10. The van der Waals surface area contributed by atoms with Gasteiger partial charge in [-0.1, -0.05) is 17.6 Å². The van der Waals surface area contributed by atoms with Crippen molar-refractivity contribution in [2.24, 2.45) is 0 Å². The van der Waals surface area contributed by atoms with Gasteiger partial charge in [0.2, 0.25) is 17.6 Å². The van der Waals surface area contributed by atoms with Gasteiger partial charge in [-0.15, -0.1) is 0 Å². The summed E-state index contributed by atoms with van der Waals surface area (Å²) in [4.78, 5) is 25.6. The van der Waals surface area contributed by atoms with E-state index in [9.17, 15) is 4.79 Å². The van der Waals surface area contributed by atoms with Gasteiger partial charge in [0.15, 0.2) is 0 Å². The molecule has 0 spiro atoms. The van der Waals surface area contributed by atoms with Crippen molar-refractivity contribution in [1.29, 1.82) is 0 Å². The van der Waals surface area contributed by atoms with Gasteiger partial charge in [0, 0.05) is 44.7 Å². The Bertz CT molecular complexity index is 717. The maximum absolute atomic E-state index is 12.5. The minimum absolute atomic E-state index is 0.183. The van der Waals surface area contributed by atoms with Gasteiger partial charge in [0.05, 0.1) is 0 Å². The quantitative estimate of drug-likeness (QED) is 0.843. The van der Waals surface area contributed by atoms with Gasteiger partial charge in [-0.25, -0.2) is 0 Å². The minimum Gasteiger partial charge on any atom is -0.340 e. The highest BCUT2D eigenvalue weighted by atomic mass is 16.5. The molecule has 132 valence electrons. The van der Waals surface area contributed by atoms with Crippen molar-refractivity contribution in [2.75, 3.05) is 26.2 Å². The first-order chi connectivity index (χ1) is 12.3. The fourth-order valence-corrected chi connectivity index (χ4v) is 3.71. The lowest BCUT2D eigenvalue weighted by Gasteiger charge is -2.44. The van der Waals surface area contributed by atoms with Crippen LogP contribution in [0, 0.1) is 0 Å². The number of aromatic nitrogens is 3. The van der Waals surface area contributed by atoms with Gasteiger partial charge in [-0.05, 0) is 31.5 Å². The Morgan fingerprint density at radius 1 is 1.24 bits per heavy atom. The molecule has 25 heavy (non-hydrogen) atoms. The van der Waals surface area contributed by atoms with Crippen LogP contribution in [0.4, 0.5) is 0 Å². The summed E-state index contributed by atoms with van der Waals surface area (Å²) >= 11 is 0. The Balaban J connectivity index is 1.31. The van der Waals surface area contributed by atoms with Gasteiger partial charge in [-0.3, -0.25) is 14.7 Å². The summed E-state index contributed by atoms with van der Waals surface area (Å²) in [6, 6.07) is 6.11. The molecule has 0 radical (unpaired) electrons. The predicted octanol–water partition coefficient (Wildman–Crippen LogP) is 1.76. The first-order valence-electron chi connectivity index (χ1n) is 9.05. The number of hydrogen-bond acceptors (Lipinski definition) is 6. The summed E-state index contributed by atoms with van der Waals surface area (Å²) in [6.45, 7) is 3.88. The molecule has 0 bridgehead atoms. The van der Waals surface area contributed by atoms with E-state index in [2.05, 4.69) is 20.0 Å². The van der Waals surface area contributed by atoms with Gasteiger partial charge >= 0.3 is 0 Å². The fraction of sp³-hybridized carbons (Fsp3) is 0.556. The van der Waals surface area contributed by atoms with Crippen molar-refractivity contribution in [1.82, 2.24) is 24.9 Å². The van der Waals surface area contributed by atoms with Crippen LogP contribution in [-0.4, -0.2) is 63.1 Å². The zero-order valence-corrected chi connectivity index (χ0v) is 14.3. The lowest BCUT2D eigenvalue weighted by atomic mass is 9.99. The second-order valence-electron chi connectivity index (χ2n) is 6.75. The third-order valence-electron chi connectivity index (χ3n) is 5.10. The molecule has 0 aromatic carbocycles. The average molecular weight is 341 g/mol. The standard InChI is InChI=1S/C18H23N5O2/c24-17(23-12-11-22-10-4-2-5-14(22)13-23)8-7-16-20-18(21-25-16)15-6-1-3-9-19-15/h1,3,6,9,14H,2,4-5,7-8,10-13H2/t14-/m0/s1. The van der Waals surface area contributed by atoms with Gasteiger partial charge < -0.3 is 9.42 Å². The number of carbonyl (C=O) groups is 1. The largest absolute Gasteiger partial charge is 0.340 e. The van der Waals surface area contributed by atoms with E-state index in [4.69, 9.17) is 4.52 Å². The van der Waals surface area contributed by atoms with Crippen molar-refractivity contribution >= 4 is 5.91 Å². The Morgan fingerprint density at radius 3 is 3.08 bits per heavy atom. The first kappa shape index (κ1) is 16.2. The summed E-state index contributed by atoms with van der Waals surface area (Å²) < 4.78 is 5.26. The van der Waals surface area contributed by atoms with Gasteiger partial charge in [0.25, 0.3) is 0 Å². The highest BCUT2D eigenvalue weighted by Crippen LogP contribution is 2.21. The molecule has 0 aliphatic carbocycles. The number of piperazine rings is 1. The van der Waals surface area contributed by atoms with Crippen LogP contribution >= 0.6 is 0 Å². The summed E-state index contributed by atoms with van der Waals surface area (Å²) in [5.74, 6) is 1.15. The van der Waals surface area contributed by atoms with Gasteiger partial charge in [-0.2, -0.15) is 4.98 Å². The molecule has 4 rings (SSSR count). The molecule has 2 aromatic heterocycles. The molecule has 7 nitrogen and oxygen atoms in total. The Morgan fingerprint density at radius 2 is 2.20 bits per heavy atom. The van der Waals surface area contributed by atoms with Crippen LogP contribution in [0.25, 0.3) is 11.5 Å². The van der Waals surface area contributed by atoms with Crippen molar-refractivity contribution in [3.63, 3.8) is 0 Å². The van der Waals surface area contributed by atoms with Crippen molar-refractivity contribution in [3.8, 4) is 11.5 Å². The molecule has 2 fully saturated rings. The number of aryl methyl sites for hydroxylation is 1. The first-order valence-corrected chi connectivity index (χ1v) is 9.05. The molecule has 2 aromatic rings. The molecule has 2 aliphatic rings. The predicted molar refractivity (Wildman–Crippen MR) is 91.6 cm³/mol. The molecule has 1 amide bonds. The number of pyridine rings is 1. The second-order valence-corrected chi connectivity index (χ2v) is 6.75. The maximum atomic E-state index is 12.5. The van der Waals surface area contributed by atoms with E-state index in [1.165, 1.54) is 25.8 Å². The van der Waals surface area contributed by atoms with Crippen molar-refractivity contribution in [2.45, 2.75) is 38.1 Å². The summed E-state index contributed by atoms with van der Waals surface area (Å²) in [6.07, 6.45) is 6.36. The number of amides is 1. The average Bonchev–Trinajstić information content (AvgIpc) is 3.15. The zero-order valence-electron chi connectivity index (χ0n) is 14.3. The monoisotopic (exact) mass is 341 g/mol. The van der Waals surface area contributed by atoms with Crippen LogP contribution in [0.3, 0.4) is 0 Å². The van der Waals surface area contributed by atoms with Crippen molar-refractivity contribution in [3.05, 3.63) is 30.3 Å². The molecule has 0 saturated carbocycles. The SMILES string of the molecule is O=C(CCc1nc(-c2ccccn2)no1)N1CCN2CCCC[C@H]2C1. The molecular weight excluding hydrogens is 318 g/mol. The van der Waals surface area contributed by atoms with E-state index in [1.54, 1.807) is 6.20 Å². The van der Waals surface area contributed by atoms with E-state index in [-0.39, 0.29) is 5.91 Å². The number of fused-ring (bicyclic) bond motifs is 1. The smallest absolute Gasteiger partial charge is 0.227 e. The third kappa shape index (κ3) is 3.71. The van der Waals surface area contributed by atoms with Crippen LogP contribution in [0.15, 0.2) is 28.9 Å². The molecule has 4 heterocycles. The highest BCUT2D eigenvalue weighted by molar-refractivity contribution is 5.76. The van der Waals surface area contributed by atoms with Crippen LogP contribution in [0.2, 0.25) is 0 Å². The number of piperidine rings is 1. The molecular formula is C18H23N5O2. The number of hydrogen-bond donors (Lipinski definition) is 0. The molecule has 0 unspecified atom stereocenters. The number of rotatable bonds is 4. The Hall–Kier alpha value is -2.28. The molecule has 2 aliphatic heterocycles. The maximum Gasteiger partial charge on any atom is 0.227 e. The fourth-order valence-electron chi connectivity index (χ4n) is 3.71. The van der Waals surface area contributed by atoms with E-state index in [0.717, 1.165) is 19.6 Å². The highest BCUT2D eigenvalue weighted by Gasteiger charge is 2.30. The van der Waals surface area contributed by atoms with Gasteiger partial charge in [0.1, 0.15) is 5.69 Å². The zero-order chi connectivity index (χ0) is 17.1. The second kappa shape index (κ2) is 7.31. The van der Waals surface area contributed by atoms with Crippen LogP contribution in [0.1, 0.15) is 31.6 Å². The van der Waals surface area contributed by atoms with E-state index >= 15 is 0 Å². The van der Waals surface area contributed by atoms with E-state index in [0.29, 0.717) is 36.3 Å². The summed E-state index contributed by atoms with van der Waals surface area (Å²) in [5, 5.41) is 3.95. The topological polar surface area (TPSA) is 75.4 Å². The Kier molecular flexibility index (Phi) is 4.74. The lowest BCUT2D eigenvalue weighted by Crippen LogP contribution is -2.56. The van der Waals surface area contributed by atoms with E-state index in [1.807, 2.05) is 23.1 Å². The summed E-state index contributed by atoms with van der Waals surface area (Å²) in [5.41, 5.74) is 0.678. The van der Waals surface area contributed by atoms with Crippen LogP contribution in [0.5, 0.6) is 0 Å². The lowest BCUT2D eigenvalue weighted by molar-refractivity contribution is -0.134. The van der Waals surface area contributed by atoms with Crippen LogP contribution in [-0.2, 0) is 11.2 Å². The number of nitrogens with zero attached hydrogens (tertiary/aromatic N) is 5. The molecule has 2 saturated heterocycles. The van der Waals surface area contributed by atoms with Crippen molar-refractivity contribution < 1.29 is 9.32 Å². The molecule has 1 atom stereocenters. The molecule has 0 N–H and O–H groups in total. The minimum atomic E-state index is 0.183. The normalized spacial score (nSPS) is 21.1. The molecule has 7 heteroatoms. The summed E-state index contributed by atoms with van der Waals surface area (Å²) in [7, 11) is 0. The van der Waals surface area contributed by atoms with E-state index < -0.39 is 0 Å². The Labute approximate surface area is 147 Å². The number of carbonyl (C=O) groups excluding carboxylic acids is 1.